The number of hydrogen-bond donors (Lipinski definition) is 1. The van der Waals surface area contributed by atoms with Gasteiger partial charge < -0.3 is 15.0 Å². The van der Waals surface area contributed by atoms with E-state index in [-0.39, 0.29) is 0 Å². The van der Waals surface area contributed by atoms with Gasteiger partial charge in [-0.25, -0.2) is 0 Å². The van der Waals surface area contributed by atoms with E-state index in [0.717, 1.165) is 37.8 Å². The van der Waals surface area contributed by atoms with E-state index in [4.69, 9.17) is 4.74 Å². The Morgan fingerprint density at radius 1 is 1.32 bits per heavy atom. The van der Waals surface area contributed by atoms with Crippen LogP contribution in [0.1, 0.15) is 45.4 Å². The van der Waals surface area contributed by atoms with Gasteiger partial charge in [0.2, 0.25) is 0 Å². The molecular formula is C16H30N2O. The quantitative estimate of drug-likeness (QED) is 0.765. The Hall–Kier alpha value is -0.120. The van der Waals surface area contributed by atoms with Gasteiger partial charge in [-0.1, -0.05) is 0 Å². The van der Waals surface area contributed by atoms with E-state index in [2.05, 4.69) is 24.2 Å². The molecule has 0 aromatic heterocycles. The molecule has 2 saturated carbocycles. The monoisotopic (exact) mass is 266 g/mol. The van der Waals surface area contributed by atoms with Crippen molar-refractivity contribution in [3.05, 3.63) is 0 Å². The van der Waals surface area contributed by atoms with E-state index in [1.54, 1.807) is 0 Å². The Morgan fingerprint density at radius 3 is 2.68 bits per heavy atom. The van der Waals surface area contributed by atoms with Crippen LogP contribution in [0.3, 0.4) is 0 Å². The van der Waals surface area contributed by atoms with Crippen LogP contribution in [0, 0.1) is 11.3 Å². The van der Waals surface area contributed by atoms with Gasteiger partial charge in [-0.2, -0.15) is 0 Å². The number of nitrogens with one attached hydrogen (secondary N) is 1. The lowest BCUT2D eigenvalue weighted by Gasteiger charge is -2.42. The second-order valence-corrected chi connectivity index (χ2v) is 7.30. The normalized spacial score (nSPS) is 33.6. The summed E-state index contributed by atoms with van der Waals surface area (Å²) in [6.45, 7) is 6.68. The van der Waals surface area contributed by atoms with Crippen LogP contribution in [0.2, 0.25) is 0 Å². The van der Waals surface area contributed by atoms with E-state index < -0.39 is 0 Å². The summed E-state index contributed by atoms with van der Waals surface area (Å²) in [6.07, 6.45) is 8.20. The molecule has 2 unspecified atom stereocenters. The predicted molar refractivity (Wildman–Crippen MR) is 78.3 cm³/mol. The summed E-state index contributed by atoms with van der Waals surface area (Å²) in [5, 5.41) is 3.75. The SMILES string of the molecule is CC(C1CC1)N(C)CC1(CNC2CC2)CCCOC1. The average molecular weight is 266 g/mol. The Bertz CT molecular complexity index is 293. The molecule has 1 aliphatic heterocycles. The summed E-state index contributed by atoms with van der Waals surface area (Å²) in [4.78, 5) is 2.60. The summed E-state index contributed by atoms with van der Waals surface area (Å²) in [5.74, 6) is 0.961. The molecule has 2 atom stereocenters. The Kier molecular flexibility index (Phi) is 4.16. The molecule has 0 spiro atoms. The maximum Gasteiger partial charge on any atom is 0.0546 e. The van der Waals surface area contributed by atoms with Crippen LogP contribution < -0.4 is 5.32 Å². The highest BCUT2D eigenvalue weighted by Crippen LogP contribution is 2.37. The fraction of sp³-hybridized carbons (Fsp3) is 1.00. The van der Waals surface area contributed by atoms with Gasteiger partial charge >= 0.3 is 0 Å². The minimum Gasteiger partial charge on any atom is -0.381 e. The number of hydrogen-bond acceptors (Lipinski definition) is 3. The molecule has 1 heterocycles. The Morgan fingerprint density at radius 2 is 2.11 bits per heavy atom. The lowest BCUT2D eigenvalue weighted by Crippen LogP contribution is -2.50. The van der Waals surface area contributed by atoms with E-state index in [0.29, 0.717) is 5.41 Å². The van der Waals surface area contributed by atoms with Crippen molar-refractivity contribution in [1.29, 1.82) is 0 Å². The number of ether oxygens (including phenoxy) is 1. The number of rotatable bonds is 7. The van der Waals surface area contributed by atoms with Crippen LogP contribution in [0.15, 0.2) is 0 Å². The van der Waals surface area contributed by atoms with Crippen LogP contribution in [-0.2, 0) is 4.74 Å². The molecule has 3 aliphatic rings. The van der Waals surface area contributed by atoms with E-state index in [1.165, 1.54) is 45.1 Å². The zero-order valence-electron chi connectivity index (χ0n) is 12.7. The maximum absolute atomic E-state index is 5.83. The van der Waals surface area contributed by atoms with Crippen molar-refractivity contribution < 1.29 is 4.74 Å². The van der Waals surface area contributed by atoms with Crippen LogP contribution >= 0.6 is 0 Å². The van der Waals surface area contributed by atoms with Crippen molar-refractivity contribution >= 4 is 0 Å². The van der Waals surface area contributed by atoms with Crippen molar-refractivity contribution in [2.24, 2.45) is 11.3 Å². The Labute approximate surface area is 118 Å². The lowest BCUT2D eigenvalue weighted by atomic mass is 9.81. The first kappa shape index (κ1) is 13.8. The van der Waals surface area contributed by atoms with E-state index in [9.17, 15) is 0 Å². The van der Waals surface area contributed by atoms with Gasteiger partial charge in [0.1, 0.15) is 0 Å². The molecule has 0 bridgehead atoms. The summed E-state index contributed by atoms with van der Waals surface area (Å²) >= 11 is 0. The smallest absolute Gasteiger partial charge is 0.0546 e. The van der Waals surface area contributed by atoms with Crippen molar-refractivity contribution in [3.63, 3.8) is 0 Å². The third kappa shape index (κ3) is 3.71. The zero-order valence-corrected chi connectivity index (χ0v) is 12.7. The molecule has 3 heteroatoms. The van der Waals surface area contributed by atoms with Gasteiger partial charge in [0.15, 0.2) is 0 Å². The summed E-state index contributed by atoms with van der Waals surface area (Å²) in [7, 11) is 2.32. The predicted octanol–water partition coefficient (Wildman–Crippen LogP) is 2.27. The molecule has 3 fully saturated rings. The standard InChI is InChI=1S/C16H30N2O/c1-13(14-4-5-14)18(2)11-16(8-3-9-19-12-16)10-17-15-6-7-15/h13-15,17H,3-12H2,1-2H3. The van der Waals surface area contributed by atoms with Gasteiger partial charge in [-0.3, -0.25) is 0 Å². The molecule has 3 rings (SSSR count). The lowest BCUT2D eigenvalue weighted by molar-refractivity contribution is -0.0287. The van der Waals surface area contributed by atoms with Crippen molar-refractivity contribution in [2.75, 3.05) is 33.4 Å². The molecule has 0 aromatic carbocycles. The minimum atomic E-state index is 0.360. The van der Waals surface area contributed by atoms with Crippen LogP contribution in [0.5, 0.6) is 0 Å². The summed E-state index contributed by atoms with van der Waals surface area (Å²) in [5.41, 5.74) is 0.360. The highest BCUT2D eigenvalue weighted by molar-refractivity contribution is 4.93. The second kappa shape index (κ2) is 5.71. The number of nitrogens with zero attached hydrogens (tertiary/aromatic N) is 1. The average Bonchev–Trinajstić information content (AvgIpc) is 3.30. The van der Waals surface area contributed by atoms with Crippen LogP contribution in [0.25, 0.3) is 0 Å². The molecule has 19 heavy (non-hydrogen) atoms. The third-order valence-corrected chi connectivity index (χ3v) is 5.33. The first-order valence-corrected chi connectivity index (χ1v) is 8.20. The molecule has 0 amide bonds. The Balaban J connectivity index is 1.56. The van der Waals surface area contributed by atoms with Crippen LogP contribution in [0.4, 0.5) is 0 Å². The fourth-order valence-electron chi connectivity index (χ4n) is 3.49. The first-order valence-electron chi connectivity index (χ1n) is 8.20. The topological polar surface area (TPSA) is 24.5 Å². The molecule has 110 valence electrons. The summed E-state index contributed by atoms with van der Waals surface area (Å²) in [6, 6.07) is 1.56. The first-order chi connectivity index (χ1) is 9.19. The molecule has 1 saturated heterocycles. The summed E-state index contributed by atoms with van der Waals surface area (Å²) < 4.78 is 5.83. The maximum atomic E-state index is 5.83. The highest BCUT2D eigenvalue weighted by atomic mass is 16.5. The molecular weight excluding hydrogens is 236 g/mol. The van der Waals surface area contributed by atoms with Crippen molar-refractivity contribution in [1.82, 2.24) is 10.2 Å². The van der Waals surface area contributed by atoms with Crippen molar-refractivity contribution in [2.45, 2.75) is 57.5 Å². The van der Waals surface area contributed by atoms with Gasteiger partial charge in [0, 0.05) is 37.2 Å². The molecule has 3 nitrogen and oxygen atoms in total. The largest absolute Gasteiger partial charge is 0.381 e. The highest BCUT2D eigenvalue weighted by Gasteiger charge is 2.38. The fourth-order valence-corrected chi connectivity index (χ4v) is 3.49. The second-order valence-electron chi connectivity index (χ2n) is 7.30. The molecule has 0 radical (unpaired) electrons. The molecule has 0 aromatic rings. The minimum absolute atomic E-state index is 0.360. The molecule has 2 aliphatic carbocycles. The third-order valence-electron chi connectivity index (χ3n) is 5.33. The van der Waals surface area contributed by atoms with E-state index in [1.807, 2.05) is 0 Å². The molecule has 1 N–H and O–H groups in total. The van der Waals surface area contributed by atoms with Gasteiger partial charge in [0.05, 0.1) is 6.61 Å². The van der Waals surface area contributed by atoms with Crippen molar-refractivity contribution in [3.8, 4) is 0 Å². The van der Waals surface area contributed by atoms with Gasteiger partial charge in [0.25, 0.3) is 0 Å². The van der Waals surface area contributed by atoms with Crippen LogP contribution in [-0.4, -0.2) is 50.3 Å². The van der Waals surface area contributed by atoms with Gasteiger partial charge in [-0.15, -0.1) is 0 Å². The van der Waals surface area contributed by atoms with E-state index >= 15 is 0 Å². The zero-order chi connectivity index (χ0) is 13.3. The van der Waals surface area contributed by atoms with Gasteiger partial charge in [-0.05, 0) is 58.4 Å².